The third kappa shape index (κ3) is 1.43. The molecule has 2 aromatic rings. The summed E-state index contributed by atoms with van der Waals surface area (Å²) in [4.78, 5) is 0. The van der Waals surface area contributed by atoms with E-state index in [0.29, 0.717) is 0 Å². The largest absolute Gasteiger partial charge is 0.0622 e. The van der Waals surface area contributed by atoms with Crippen molar-refractivity contribution in [3.05, 3.63) is 71.3 Å². The smallest absolute Gasteiger partial charge is 0.0317 e. The summed E-state index contributed by atoms with van der Waals surface area (Å²) in [5, 5.41) is 0. The molecule has 4 rings (SSSR count). The fourth-order valence-electron chi connectivity index (χ4n) is 5.93. The topological polar surface area (TPSA) is 0 Å². The summed E-state index contributed by atoms with van der Waals surface area (Å²) in [6.45, 7) is 9.77. The Bertz CT molecular complexity index is 746. The maximum atomic E-state index is 2.44. The molecule has 1 saturated carbocycles. The van der Waals surface area contributed by atoms with Gasteiger partial charge in [0, 0.05) is 5.41 Å². The van der Waals surface area contributed by atoms with Crippen molar-refractivity contribution in [3.63, 3.8) is 0 Å². The van der Waals surface area contributed by atoms with Gasteiger partial charge >= 0.3 is 0 Å². The molecular weight excluding hydrogens is 264 g/mol. The molecule has 0 saturated heterocycles. The van der Waals surface area contributed by atoms with Gasteiger partial charge in [0.15, 0.2) is 0 Å². The monoisotopic (exact) mass is 288 g/mol. The summed E-state index contributed by atoms with van der Waals surface area (Å²) < 4.78 is 0. The molecule has 0 heterocycles. The lowest BCUT2D eigenvalue weighted by molar-refractivity contribution is -0.0739. The van der Waals surface area contributed by atoms with Gasteiger partial charge in [0.25, 0.3) is 0 Å². The highest BCUT2D eigenvalue weighted by atomic mass is 14.7. The Kier molecular flexibility index (Phi) is 2.59. The number of hydrogen-bond donors (Lipinski definition) is 0. The second-order valence-electron chi connectivity index (χ2n) is 8.21. The van der Waals surface area contributed by atoms with Crippen LogP contribution in [0.5, 0.6) is 0 Å². The van der Waals surface area contributed by atoms with Crippen molar-refractivity contribution in [2.45, 2.75) is 39.5 Å². The maximum Gasteiger partial charge on any atom is 0.0317 e. The fraction of sp³-hybridized carbons (Fsp3) is 0.364. The molecule has 0 radical (unpaired) electrons. The third-order valence-electron chi connectivity index (χ3n) is 6.07. The summed E-state index contributed by atoms with van der Waals surface area (Å²) in [5.41, 5.74) is 6.50. The molecule has 0 unspecified atom stereocenters. The first-order valence-corrected chi connectivity index (χ1v) is 8.27. The molecule has 1 spiro atoms. The lowest BCUT2D eigenvalue weighted by Crippen LogP contribution is -2.63. The first kappa shape index (κ1) is 13.8. The molecule has 2 aliphatic rings. The molecule has 0 aliphatic heterocycles. The van der Waals surface area contributed by atoms with Gasteiger partial charge in [-0.05, 0) is 45.6 Å². The third-order valence-corrected chi connectivity index (χ3v) is 6.07. The first-order chi connectivity index (χ1) is 10.4. The summed E-state index contributed by atoms with van der Waals surface area (Å²) in [7, 11) is 0. The predicted octanol–water partition coefficient (Wildman–Crippen LogP) is 5.93. The van der Waals surface area contributed by atoms with E-state index in [2.05, 4.69) is 88.4 Å². The molecule has 0 aromatic heterocycles. The van der Waals surface area contributed by atoms with E-state index in [1.165, 1.54) is 28.7 Å². The fourth-order valence-corrected chi connectivity index (χ4v) is 5.93. The van der Waals surface area contributed by atoms with Crippen molar-refractivity contribution < 1.29 is 0 Å². The van der Waals surface area contributed by atoms with Crippen LogP contribution in [0.15, 0.2) is 54.6 Å². The van der Waals surface area contributed by atoms with Crippen LogP contribution in [0.4, 0.5) is 0 Å². The van der Waals surface area contributed by atoms with Crippen molar-refractivity contribution in [1.82, 2.24) is 0 Å². The standard InChI is InChI=1S/C22H24/c1-20(2)15-21(3,4)22(20)18-13-9-8-12-17(18)14-19(22)16-10-6-5-7-11-16/h5-14H,15H2,1-4H3. The van der Waals surface area contributed by atoms with Gasteiger partial charge in [-0.25, -0.2) is 0 Å². The molecule has 22 heavy (non-hydrogen) atoms. The number of allylic oxidation sites excluding steroid dienone is 1. The molecule has 2 aromatic carbocycles. The maximum absolute atomic E-state index is 2.44. The second kappa shape index (κ2) is 4.13. The minimum Gasteiger partial charge on any atom is -0.0622 e. The molecule has 0 amide bonds. The quantitative estimate of drug-likeness (QED) is 0.609. The molecule has 112 valence electrons. The van der Waals surface area contributed by atoms with Crippen molar-refractivity contribution in [2.24, 2.45) is 10.8 Å². The molecule has 1 fully saturated rings. The van der Waals surface area contributed by atoms with Crippen LogP contribution in [0.1, 0.15) is 50.8 Å². The average Bonchev–Trinajstić information content (AvgIpc) is 2.85. The molecule has 0 heteroatoms. The summed E-state index contributed by atoms with van der Waals surface area (Å²) >= 11 is 0. The van der Waals surface area contributed by atoms with E-state index in [0.717, 1.165) is 0 Å². The van der Waals surface area contributed by atoms with Gasteiger partial charge < -0.3 is 0 Å². The van der Waals surface area contributed by atoms with E-state index in [9.17, 15) is 0 Å². The highest BCUT2D eigenvalue weighted by molar-refractivity contribution is 5.96. The summed E-state index contributed by atoms with van der Waals surface area (Å²) in [5.74, 6) is 0. The first-order valence-electron chi connectivity index (χ1n) is 8.27. The number of benzene rings is 2. The van der Waals surface area contributed by atoms with Crippen LogP contribution < -0.4 is 0 Å². The van der Waals surface area contributed by atoms with Gasteiger partial charge in [0.2, 0.25) is 0 Å². The zero-order valence-corrected chi connectivity index (χ0v) is 14.0. The Balaban J connectivity index is 2.04. The van der Waals surface area contributed by atoms with Crippen LogP contribution in [0.2, 0.25) is 0 Å². The highest BCUT2D eigenvalue weighted by Crippen LogP contribution is 2.75. The minimum atomic E-state index is 0.123. The zero-order chi connectivity index (χ0) is 15.6. The molecule has 0 nitrogen and oxygen atoms in total. The van der Waals surface area contributed by atoms with Crippen LogP contribution in [0.25, 0.3) is 11.6 Å². The van der Waals surface area contributed by atoms with Gasteiger partial charge in [-0.2, -0.15) is 0 Å². The van der Waals surface area contributed by atoms with E-state index in [4.69, 9.17) is 0 Å². The summed E-state index contributed by atoms with van der Waals surface area (Å²) in [6, 6.07) is 19.9. The Morgan fingerprint density at radius 2 is 1.32 bits per heavy atom. The number of rotatable bonds is 1. The minimum absolute atomic E-state index is 0.123. The van der Waals surface area contributed by atoms with E-state index < -0.39 is 0 Å². The SMILES string of the molecule is CC1(C)CC(C)(C)C12C(c1ccccc1)=Cc1ccccc12. The zero-order valence-electron chi connectivity index (χ0n) is 14.0. The van der Waals surface area contributed by atoms with Crippen LogP contribution in [-0.2, 0) is 5.41 Å². The van der Waals surface area contributed by atoms with E-state index in [1.807, 2.05) is 0 Å². The molecule has 0 atom stereocenters. The molecule has 0 bridgehead atoms. The molecular formula is C22H24. The Labute approximate surface area is 133 Å². The van der Waals surface area contributed by atoms with E-state index in [-0.39, 0.29) is 16.2 Å². The molecule has 2 aliphatic carbocycles. The Morgan fingerprint density at radius 3 is 1.95 bits per heavy atom. The number of fused-ring (bicyclic) bond motifs is 2. The second-order valence-corrected chi connectivity index (χ2v) is 8.21. The van der Waals surface area contributed by atoms with Crippen LogP contribution in [0.3, 0.4) is 0 Å². The predicted molar refractivity (Wildman–Crippen MR) is 94.6 cm³/mol. The van der Waals surface area contributed by atoms with Gasteiger partial charge in [-0.3, -0.25) is 0 Å². The van der Waals surface area contributed by atoms with Crippen LogP contribution >= 0.6 is 0 Å². The van der Waals surface area contributed by atoms with Gasteiger partial charge in [-0.15, -0.1) is 0 Å². The van der Waals surface area contributed by atoms with Gasteiger partial charge in [0.05, 0.1) is 0 Å². The van der Waals surface area contributed by atoms with Gasteiger partial charge in [0.1, 0.15) is 0 Å². The van der Waals surface area contributed by atoms with Crippen LogP contribution in [-0.4, -0.2) is 0 Å². The lowest BCUT2D eigenvalue weighted by Gasteiger charge is -2.68. The number of hydrogen-bond acceptors (Lipinski definition) is 0. The summed E-state index contributed by atoms with van der Waals surface area (Å²) in [6.07, 6.45) is 3.70. The highest BCUT2D eigenvalue weighted by Gasteiger charge is 2.69. The Morgan fingerprint density at radius 1 is 0.727 bits per heavy atom. The van der Waals surface area contributed by atoms with Crippen LogP contribution in [0, 0.1) is 10.8 Å². The van der Waals surface area contributed by atoms with Gasteiger partial charge in [-0.1, -0.05) is 82.3 Å². The Hall–Kier alpha value is -1.82. The normalized spacial score (nSPS) is 22.8. The van der Waals surface area contributed by atoms with E-state index in [1.54, 1.807) is 0 Å². The average molecular weight is 288 g/mol. The lowest BCUT2D eigenvalue weighted by atomic mass is 9.35. The van der Waals surface area contributed by atoms with Crippen molar-refractivity contribution in [3.8, 4) is 0 Å². The molecule has 0 N–H and O–H groups in total. The van der Waals surface area contributed by atoms with Crippen molar-refractivity contribution in [1.29, 1.82) is 0 Å². The van der Waals surface area contributed by atoms with E-state index >= 15 is 0 Å². The van der Waals surface area contributed by atoms with Crippen molar-refractivity contribution >= 4 is 11.6 Å². The van der Waals surface area contributed by atoms with Crippen molar-refractivity contribution in [2.75, 3.05) is 0 Å².